The van der Waals surface area contributed by atoms with Gasteiger partial charge in [-0.25, -0.2) is 0 Å². The number of rotatable bonds is 14. The standard InChI is InChI=1S/C5H13NO11/c1-2-8-4-9-14-16-17-15-11-5-10-13-12-6-3-7/h6-7H,2-5H2,1H3. The van der Waals surface area contributed by atoms with Crippen LogP contribution in [0.3, 0.4) is 0 Å². The molecule has 0 radical (unpaired) electrons. The molecule has 17 heavy (non-hydrogen) atoms. The summed E-state index contributed by atoms with van der Waals surface area (Å²) in [6.45, 7) is 1.08. The van der Waals surface area contributed by atoms with Crippen molar-refractivity contribution in [1.29, 1.82) is 0 Å². The Hall–Kier alpha value is -0.480. The topological polar surface area (TPSA) is 125 Å². The van der Waals surface area contributed by atoms with Crippen LogP contribution in [0.1, 0.15) is 6.92 Å². The van der Waals surface area contributed by atoms with Gasteiger partial charge in [-0.15, -0.1) is 10.5 Å². The van der Waals surface area contributed by atoms with E-state index in [1.807, 2.05) is 5.48 Å². The van der Waals surface area contributed by atoms with E-state index in [2.05, 4.69) is 44.8 Å². The van der Waals surface area contributed by atoms with Crippen LogP contribution >= 0.6 is 0 Å². The predicted octanol–water partition coefficient (Wildman–Crippen LogP) is -1.05. The van der Waals surface area contributed by atoms with Crippen LogP contribution in [-0.2, 0) is 49.6 Å². The minimum atomic E-state index is -0.531. The van der Waals surface area contributed by atoms with Gasteiger partial charge in [0.15, 0.2) is 6.79 Å². The van der Waals surface area contributed by atoms with E-state index < -0.39 is 13.5 Å². The lowest BCUT2D eigenvalue weighted by Crippen LogP contribution is -2.16. The number of hydroxylamine groups is 1. The molecule has 0 bridgehead atoms. The average molecular weight is 263 g/mol. The molecule has 0 unspecified atom stereocenters. The molecule has 0 spiro atoms. The van der Waals surface area contributed by atoms with Crippen molar-refractivity contribution in [3.63, 3.8) is 0 Å². The summed E-state index contributed by atoms with van der Waals surface area (Å²) in [5, 5.41) is 27.4. The minimum Gasteiger partial charge on any atom is -0.379 e. The van der Waals surface area contributed by atoms with Gasteiger partial charge in [0, 0.05) is 6.61 Å². The van der Waals surface area contributed by atoms with Gasteiger partial charge in [0.2, 0.25) is 6.79 Å². The van der Waals surface area contributed by atoms with Crippen LogP contribution in [0, 0.1) is 0 Å². The first-order valence-electron chi connectivity index (χ1n) is 4.19. The van der Waals surface area contributed by atoms with Crippen LogP contribution in [0.15, 0.2) is 0 Å². The van der Waals surface area contributed by atoms with Gasteiger partial charge in [-0.05, 0) is 32.1 Å². The van der Waals surface area contributed by atoms with Crippen LogP contribution in [-0.4, -0.2) is 32.0 Å². The molecule has 104 valence electrons. The van der Waals surface area contributed by atoms with Crippen LogP contribution < -0.4 is 5.48 Å². The van der Waals surface area contributed by atoms with Gasteiger partial charge in [-0.3, -0.25) is 0 Å². The molecule has 0 saturated carbocycles. The van der Waals surface area contributed by atoms with Gasteiger partial charge in [0.25, 0.3) is 0 Å². The third kappa shape index (κ3) is 15.5. The lowest BCUT2D eigenvalue weighted by Gasteiger charge is -2.02. The van der Waals surface area contributed by atoms with E-state index in [0.29, 0.717) is 6.61 Å². The molecule has 0 aliphatic rings. The number of nitrogens with one attached hydrogen (secondary N) is 1. The maximum Gasteiger partial charge on any atom is 0.221 e. The summed E-state index contributed by atoms with van der Waals surface area (Å²) in [6, 6.07) is 0. The first kappa shape index (κ1) is 16.5. The smallest absolute Gasteiger partial charge is 0.221 e. The van der Waals surface area contributed by atoms with E-state index in [-0.39, 0.29) is 6.79 Å². The lowest BCUT2D eigenvalue weighted by atomic mass is 10.9. The van der Waals surface area contributed by atoms with Crippen LogP contribution in [0.5, 0.6) is 0 Å². The molecule has 0 saturated heterocycles. The second-order valence-electron chi connectivity index (χ2n) is 1.81. The van der Waals surface area contributed by atoms with Crippen molar-refractivity contribution in [3.05, 3.63) is 0 Å². The highest BCUT2D eigenvalue weighted by atomic mass is 17.8. The normalized spacial score (nSPS) is 10.9. The highest BCUT2D eigenvalue weighted by Gasteiger charge is 1.95. The number of ether oxygens (including phenoxy) is 1. The minimum absolute atomic E-state index is 0.146. The number of hydrogen-bond acceptors (Lipinski definition) is 12. The monoisotopic (exact) mass is 263 g/mol. The summed E-state index contributed by atoms with van der Waals surface area (Å²) in [5.74, 6) is 0. The SMILES string of the molecule is CCOCOOOOOOCOOONCO. The molecule has 0 atom stereocenters. The van der Waals surface area contributed by atoms with Gasteiger partial charge in [0.05, 0.1) is 0 Å². The summed E-state index contributed by atoms with van der Waals surface area (Å²) < 4.78 is 4.70. The number of hydrogen-bond donors (Lipinski definition) is 2. The number of aliphatic hydroxyl groups excluding tert-OH is 1. The summed E-state index contributed by atoms with van der Waals surface area (Å²) in [5.41, 5.74) is 1.89. The molecule has 0 aromatic heterocycles. The van der Waals surface area contributed by atoms with E-state index in [0.717, 1.165) is 0 Å². The first-order valence-corrected chi connectivity index (χ1v) is 4.19. The van der Waals surface area contributed by atoms with Crippen molar-refractivity contribution in [2.45, 2.75) is 6.92 Å². The fourth-order valence-electron chi connectivity index (χ4n) is 0.332. The van der Waals surface area contributed by atoms with Crippen LogP contribution in [0.2, 0.25) is 0 Å². The van der Waals surface area contributed by atoms with Crippen molar-refractivity contribution in [1.82, 2.24) is 5.48 Å². The van der Waals surface area contributed by atoms with E-state index in [9.17, 15) is 0 Å². The first-order chi connectivity index (χ1) is 8.41. The molecule has 0 heterocycles. The molecule has 0 aliphatic carbocycles. The molecule has 0 aromatic rings. The Morgan fingerprint density at radius 1 is 0.882 bits per heavy atom. The Morgan fingerprint density at radius 2 is 1.53 bits per heavy atom. The van der Waals surface area contributed by atoms with E-state index in [1.165, 1.54) is 0 Å². The zero-order chi connectivity index (χ0) is 12.6. The fraction of sp³-hybridized carbons (Fsp3) is 1.00. The van der Waals surface area contributed by atoms with E-state index in [1.54, 1.807) is 6.92 Å². The lowest BCUT2D eigenvalue weighted by molar-refractivity contribution is -0.765. The highest BCUT2D eigenvalue weighted by molar-refractivity contribution is 4.00. The second-order valence-corrected chi connectivity index (χ2v) is 1.81. The molecule has 12 heteroatoms. The molecule has 12 nitrogen and oxygen atoms in total. The molecule has 0 rings (SSSR count). The van der Waals surface area contributed by atoms with Crippen molar-refractivity contribution in [2.75, 3.05) is 26.9 Å². The van der Waals surface area contributed by atoms with Crippen LogP contribution in [0.25, 0.3) is 0 Å². The van der Waals surface area contributed by atoms with E-state index >= 15 is 0 Å². The predicted molar refractivity (Wildman–Crippen MR) is 41.3 cm³/mol. The molecule has 0 fully saturated rings. The Bertz CT molecular complexity index is 123. The van der Waals surface area contributed by atoms with Crippen molar-refractivity contribution < 1.29 is 54.7 Å². The van der Waals surface area contributed by atoms with Gasteiger partial charge < -0.3 is 9.84 Å². The zero-order valence-corrected chi connectivity index (χ0v) is 8.86. The maximum absolute atomic E-state index is 8.14. The summed E-state index contributed by atoms with van der Waals surface area (Å²) in [6.07, 6.45) is 0. The Balaban J connectivity index is 2.85. The van der Waals surface area contributed by atoms with E-state index in [4.69, 9.17) is 9.84 Å². The molecular formula is C5H13NO11. The molecule has 0 aliphatic heterocycles. The third-order valence-corrected chi connectivity index (χ3v) is 0.817. The van der Waals surface area contributed by atoms with Crippen molar-refractivity contribution in [2.24, 2.45) is 0 Å². The quantitative estimate of drug-likeness (QED) is 0.172. The third-order valence-electron chi connectivity index (χ3n) is 0.817. The van der Waals surface area contributed by atoms with Gasteiger partial charge in [0.1, 0.15) is 6.73 Å². The molecule has 0 amide bonds. The fourth-order valence-corrected chi connectivity index (χ4v) is 0.332. The summed E-state index contributed by atoms with van der Waals surface area (Å²) >= 11 is 0. The van der Waals surface area contributed by atoms with Gasteiger partial charge in [-0.2, -0.15) is 14.7 Å². The summed E-state index contributed by atoms with van der Waals surface area (Å²) in [4.78, 5) is 16.4. The number of aliphatic hydroxyl groups is 1. The average Bonchev–Trinajstić information content (AvgIpc) is 2.35. The summed E-state index contributed by atoms with van der Waals surface area (Å²) in [7, 11) is 0. The Labute approximate surface area is 95.1 Å². The van der Waals surface area contributed by atoms with Gasteiger partial charge >= 0.3 is 0 Å². The van der Waals surface area contributed by atoms with Crippen molar-refractivity contribution >= 4 is 0 Å². The largest absolute Gasteiger partial charge is 0.379 e. The Kier molecular flexibility index (Phi) is 15.1. The van der Waals surface area contributed by atoms with Crippen LogP contribution in [0.4, 0.5) is 0 Å². The van der Waals surface area contributed by atoms with Gasteiger partial charge in [-0.1, -0.05) is 0 Å². The van der Waals surface area contributed by atoms with Crippen molar-refractivity contribution in [3.8, 4) is 0 Å². The zero-order valence-electron chi connectivity index (χ0n) is 8.86. The maximum atomic E-state index is 8.14. The second kappa shape index (κ2) is 15.5. The Morgan fingerprint density at radius 3 is 2.18 bits per heavy atom. The molecule has 2 N–H and O–H groups in total. The molecular weight excluding hydrogens is 250 g/mol. The highest BCUT2D eigenvalue weighted by Crippen LogP contribution is 1.88. The molecule has 0 aromatic carbocycles.